The fourth-order valence-corrected chi connectivity index (χ4v) is 8.97. The van der Waals surface area contributed by atoms with E-state index in [1.54, 1.807) is 0 Å². The predicted molar refractivity (Wildman–Crippen MR) is 212 cm³/mol. The minimum Gasteiger partial charge on any atom is -0.493 e. The molecule has 0 amide bonds. The van der Waals surface area contributed by atoms with Gasteiger partial charge < -0.3 is 9.47 Å². The number of nitrogens with zero attached hydrogens (tertiary/aromatic N) is 2. The van der Waals surface area contributed by atoms with Crippen LogP contribution in [0.3, 0.4) is 0 Å². The molecule has 6 aromatic rings. The van der Waals surface area contributed by atoms with Crippen molar-refractivity contribution < 1.29 is 18.3 Å². The van der Waals surface area contributed by atoms with Crippen molar-refractivity contribution in [2.24, 2.45) is 11.8 Å². The molecule has 0 aliphatic rings. The Labute approximate surface area is 312 Å². The first-order valence-electron chi connectivity index (χ1n) is 18.2. The molecular formula is C42H46F2N2O2S3. The maximum absolute atomic E-state index is 16.1. The molecule has 0 N–H and O–H groups in total. The number of fused-ring (bicyclic) bond motifs is 1. The summed E-state index contributed by atoms with van der Waals surface area (Å²) in [4.78, 5) is 3.12. The van der Waals surface area contributed by atoms with Crippen LogP contribution >= 0.6 is 34.4 Å². The number of thiophene rings is 2. The number of rotatable bonds is 18. The first-order chi connectivity index (χ1) is 24.9. The van der Waals surface area contributed by atoms with Gasteiger partial charge in [-0.3, -0.25) is 0 Å². The molecule has 9 heteroatoms. The first kappa shape index (κ1) is 37.1. The Morgan fingerprint density at radius 2 is 0.941 bits per heavy atom. The van der Waals surface area contributed by atoms with Gasteiger partial charge in [-0.15, -0.1) is 22.7 Å². The minimum atomic E-state index is -0.906. The lowest BCUT2D eigenvalue weighted by molar-refractivity contribution is 0.233. The van der Waals surface area contributed by atoms with Crippen LogP contribution in [0.5, 0.6) is 11.5 Å². The lowest BCUT2D eigenvalue weighted by Crippen LogP contribution is -2.11. The third-order valence-corrected chi connectivity index (χ3v) is 12.5. The average molecular weight is 745 g/mol. The third-order valence-electron chi connectivity index (χ3n) is 9.63. The van der Waals surface area contributed by atoms with Gasteiger partial charge in [-0.05, 0) is 109 Å². The number of ether oxygens (including phenoxy) is 2. The van der Waals surface area contributed by atoms with Crippen molar-refractivity contribution in [1.82, 2.24) is 8.75 Å². The van der Waals surface area contributed by atoms with Crippen LogP contribution in [0, 0.1) is 23.5 Å². The largest absolute Gasteiger partial charge is 0.493 e. The summed E-state index contributed by atoms with van der Waals surface area (Å²) in [6, 6.07) is 23.6. The molecule has 51 heavy (non-hydrogen) atoms. The second-order valence-electron chi connectivity index (χ2n) is 13.2. The van der Waals surface area contributed by atoms with E-state index >= 15 is 8.78 Å². The molecule has 0 aliphatic heterocycles. The molecule has 3 aromatic carbocycles. The van der Waals surface area contributed by atoms with Crippen LogP contribution in [0.1, 0.15) is 79.1 Å². The summed E-state index contributed by atoms with van der Waals surface area (Å²) in [5.41, 5.74) is 3.04. The summed E-state index contributed by atoms with van der Waals surface area (Å²) in [5, 5.41) is 0. The van der Waals surface area contributed by atoms with Gasteiger partial charge in [0, 0.05) is 19.5 Å². The van der Waals surface area contributed by atoms with E-state index in [9.17, 15) is 0 Å². The molecule has 0 aliphatic carbocycles. The van der Waals surface area contributed by atoms with Gasteiger partial charge in [-0.1, -0.05) is 66.2 Å². The van der Waals surface area contributed by atoms with E-state index in [1.807, 2.05) is 72.8 Å². The van der Waals surface area contributed by atoms with Crippen LogP contribution in [0.25, 0.3) is 52.8 Å². The van der Waals surface area contributed by atoms with Crippen LogP contribution in [-0.4, -0.2) is 22.0 Å². The number of hydrogen-bond acceptors (Lipinski definition) is 7. The highest BCUT2D eigenvalue weighted by atomic mass is 32.1. The van der Waals surface area contributed by atoms with Gasteiger partial charge in [0.15, 0.2) is 11.6 Å². The Hall–Kier alpha value is -3.66. The smallest absolute Gasteiger partial charge is 0.170 e. The molecule has 0 bridgehead atoms. The van der Waals surface area contributed by atoms with E-state index in [-0.39, 0.29) is 11.1 Å². The van der Waals surface area contributed by atoms with Crippen molar-refractivity contribution in [3.63, 3.8) is 0 Å². The zero-order valence-corrected chi connectivity index (χ0v) is 32.3. The highest BCUT2D eigenvalue weighted by Crippen LogP contribution is 2.45. The van der Waals surface area contributed by atoms with Crippen molar-refractivity contribution in [2.75, 3.05) is 13.2 Å². The summed E-state index contributed by atoms with van der Waals surface area (Å²) in [7, 11) is 0. The van der Waals surface area contributed by atoms with Crippen LogP contribution in [0.15, 0.2) is 72.8 Å². The standard InChI is InChI=1S/C42H46F2N2O2S3/c1-5-9-11-27(7-3)25-47-31-17-13-29(14-18-31)33-21-23-35(49-33)37-39(43)40(44)38(42-41(37)45-51-46-42)36-24-22-34(50-36)30-15-19-32(20-16-30)48-26-28(8-4)12-10-6-2/h13-24,27-28H,5-12,25-26H2,1-4H3. The van der Waals surface area contributed by atoms with Crippen molar-refractivity contribution >= 4 is 45.4 Å². The van der Waals surface area contributed by atoms with E-state index < -0.39 is 11.6 Å². The second-order valence-corrected chi connectivity index (χ2v) is 15.9. The summed E-state index contributed by atoms with van der Waals surface area (Å²) in [6.45, 7) is 10.3. The Bertz CT molecular complexity index is 1860. The molecule has 268 valence electrons. The fourth-order valence-electron chi connectivity index (χ4n) is 6.30. The van der Waals surface area contributed by atoms with Gasteiger partial charge in [0.25, 0.3) is 0 Å². The van der Waals surface area contributed by atoms with Gasteiger partial charge in [0.05, 0.1) is 36.1 Å². The topological polar surface area (TPSA) is 44.2 Å². The quantitative estimate of drug-likeness (QED) is 0.0879. The van der Waals surface area contributed by atoms with Crippen molar-refractivity contribution in [3.05, 3.63) is 84.4 Å². The van der Waals surface area contributed by atoms with Gasteiger partial charge in [-0.2, -0.15) is 8.75 Å². The Balaban J connectivity index is 1.19. The summed E-state index contributed by atoms with van der Waals surface area (Å²) >= 11 is 3.79. The second kappa shape index (κ2) is 17.7. The van der Waals surface area contributed by atoms with E-state index in [2.05, 4.69) is 36.4 Å². The zero-order chi connectivity index (χ0) is 35.7. The van der Waals surface area contributed by atoms with Crippen molar-refractivity contribution in [1.29, 1.82) is 0 Å². The van der Waals surface area contributed by atoms with Gasteiger partial charge in [0.2, 0.25) is 0 Å². The molecular weight excluding hydrogens is 699 g/mol. The van der Waals surface area contributed by atoms with E-state index in [0.29, 0.717) is 45.8 Å². The van der Waals surface area contributed by atoms with Crippen LogP contribution in [-0.2, 0) is 0 Å². The Morgan fingerprint density at radius 3 is 1.31 bits per heavy atom. The Kier molecular flexibility index (Phi) is 12.9. The lowest BCUT2D eigenvalue weighted by Gasteiger charge is -2.15. The molecule has 3 aromatic heterocycles. The third kappa shape index (κ3) is 8.70. The zero-order valence-electron chi connectivity index (χ0n) is 29.8. The molecule has 2 unspecified atom stereocenters. The number of halogens is 2. The summed E-state index contributed by atoms with van der Waals surface area (Å²) < 4.78 is 53.3. The van der Waals surface area contributed by atoms with E-state index in [4.69, 9.17) is 9.47 Å². The van der Waals surface area contributed by atoms with Crippen molar-refractivity contribution in [3.8, 4) is 53.3 Å². The average Bonchev–Trinajstić information content (AvgIpc) is 3.96. The van der Waals surface area contributed by atoms with Gasteiger partial charge >= 0.3 is 0 Å². The first-order valence-corrected chi connectivity index (χ1v) is 20.6. The molecule has 3 heterocycles. The lowest BCUT2D eigenvalue weighted by atomic mass is 10.0. The molecule has 0 fully saturated rings. The maximum Gasteiger partial charge on any atom is 0.170 e. The normalized spacial score (nSPS) is 12.7. The van der Waals surface area contributed by atoms with Crippen LogP contribution in [0.2, 0.25) is 0 Å². The number of unbranched alkanes of at least 4 members (excludes halogenated alkanes) is 2. The van der Waals surface area contributed by atoms with E-state index in [1.165, 1.54) is 61.2 Å². The van der Waals surface area contributed by atoms with Crippen LogP contribution in [0.4, 0.5) is 8.78 Å². The number of benzene rings is 3. The monoisotopic (exact) mass is 744 g/mol. The molecule has 0 radical (unpaired) electrons. The summed E-state index contributed by atoms with van der Waals surface area (Å²) in [6.07, 6.45) is 9.40. The van der Waals surface area contributed by atoms with Gasteiger partial charge in [-0.25, -0.2) is 8.78 Å². The van der Waals surface area contributed by atoms with Gasteiger partial charge in [0.1, 0.15) is 22.5 Å². The fraction of sp³-hybridized carbons (Fsp3) is 0.381. The van der Waals surface area contributed by atoms with Crippen LogP contribution < -0.4 is 9.47 Å². The predicted octanol–water partition coefficient (Wildman–Crippen LogP) is 14.0. The number of aromatic nitrogens is 2. The molecule has 2 atom stereocenters. The maximum atomic E-state index is 16.1. The molecule has 0 saturated carbocycles. The van der Waals surface area contributed by atoms with Crippen molar-refractivity contribution in [2.45, 2.75) is 79.1 Å². The van der Waals surface area contributed by atoms with E-state index in [0.717, 1.165) is 57.0 Å². The highest BCUT2D eigenvalue weighted by Gasteiger charge is 2.27. The molecule has 0 spiro atoms. The SMILES string of the molecule is CCCCC(CC)COc1ccc(-c2ccc(-c3c(F)c(F)c(-c4ccc(-c5ccc(OCC(CC)CCCC)cc5)s4)c4nsnc34)s2)cc1. The Morgan fingerprint density at radius 1 is 0.549 bits per heavy atom. The molecule has 6 rings (SSSR count). The molecule has 0 saturated heterocycles. The minimum absolute atomic E-state index is 0.154. The summed E-state index contributed by atoms with van der Waals surface area (Å²) in [5.74, 6) is 0.979. The number of hydrogen-bond donors (Lipinski definition) is 0. The molecule has 4 nitrogen and oxygen atoms in total. The highest BCUT2D eigenvalue weighted by molar-refractivity contribution is 7.19.